The molecule has 2 N–H and O–H groups in total. The molecule has 0 saturated carbocycles. The zero-order chi connectivity index (χ0) is 22.0. The Hall–Kier alpha value is -3.68. The lowest BCUT2D eigenvalue weighted by Gasteiger charge is -2.28. The van der Waals surface area contributed by atoms with Gasteiger partial charge in [-0.25, -0.2) is 0 Å². The number of hydrogen-bond donors (Lipinski definition) is 2. The van der Waals surface area contributed by atoms with E-state index in [2.05, 4.69) is 10.6 Å². The smallest absolute Gasteiger partial charge is 0.261 e. The van der Waals surface area contributed by atoms with E-state index < -0.39 is 0 Å². The van der Waals surface area contributed by atoms with Crippen LogP contribution in [0.5, 0.6) is 0 Å². The summed E-state index contributed by atoms with van der Waals surface area (Å²) in [5.41, 5.74) is 3.59. The standard InChI is InChI=1S/C23H24N4O4/c1-15-2-7-18-19(12-15)23(31)27(22(18)30)10-8-20(28)25-13-16-3-5-17(6-4-16)26-11-9-24-21(29)14-26/h2-7,12H,8-11,13-14H2,1H3,(H,24,29)(H,25,28). The van der Waals surface area contributed by atoms with Gasteiger partial charge >= 0.3 is 0 Å². The van der Waals surface area contributed by atoms with Crippen molar-refractivity contribution in [2.24, 2.45) is 0 Å². The Labute approximate surface area is 180 Å². The average molecular weight is 420 g/mol. The van der Waals surface area contributed by atoms with E-state index >= 15 is 0 Å². The van der Waals surface area contributed by atoms with E-state index in [0.717, 1.165) is 28.3 Å². The quantitative estimate of drug-likeness (QED) is 0.685. The van der Waals surface area contributed by atoms with E-state index in [1.165, 1.54) is 0 Å². The third kappa shape index (κ3) is 4.42. The topological polar surface area (TPSA) is 98.8 Å². The highest BCUT2D eigenvalue weighted by Gasteiger charge is 2.35. The number of nitrogens with one attached hydrogen (secondary N) is 2. The van der Waals surface area contributed by atoms with E-state index in [1.807, 2.05) is 36.1 Å². The molecular formula is C23H24N4O4. The minimum absolute atomic E-state index is 0.00999. The normalized spacial score (nSPS) is 15.7. The predicted octanol–water partition coefficient (Wildman–Crippen LogP) is 1.23. The van der Waals surface area contributed by atoms with Gasteiger partial charge in [0.2, 0.25) is 11.8 Å². The lowest BCUT2D eigenvalue weighted by atomic mass is 10.1. The minimum Gasteiger partial charge on any atom is -0.360 e. The Bertz CT molecular complexity index is 1050. The number of rotatable bonds is 6. The Morgan fingerprint density at radius 1 is 1.03 bits per heavy atom. The molecule has 31 heavy (non-hydrogen) atoms. The van der Waals surface area contributed by atoms with Crippen LogP contribution >= 0.6 is 0 Å². The number of imide groups is 1. The zero-order valence-electron chi connectivity index (χ0n) is 17.3. The van der Waals surface area contributed by atoms with Crippen LogP contribution in [0.25, 0.3) is 0 Å². The van der Waals surface area contributed by atoms with E-state index in [0.29, 0.717) is 30.8 Å². The molecule has 0 atom stereocenters. The van der Waals surface area contributed by atoms with Gasteiger partial charge in [-0.1, -0.05) is 23.8 Å². The van der Waals surface area contributed by atoms with Gasteiger partial charge in [0.1, 0.15) is 0 Å². The van der Waals surface area contributed by atoms with E-state index in [1.54, 1.807) is 18.2 Å². The maximum Gasteiger partial charge on any atom is 0.261 e. The number of carbonyl (C=O) groups excluding carboxylic acids is 4. The third-order valence-corrected chi connectivity index (χ3v) is 5.52. The second kappa shape index (κ2) is 8.59. The van der Waals surface area contributed by atoms with Crippen molar-refractivity contribution in [2.45, 2.75) is 19.9 Å². The molecule has 0 unspecified atom stereocenters. The molecule has 4 amide bonds. The summed E-state index contributed by atoms with van der Waals surface area (Å²) in [7, 11) is 0. The van der Waals surface area contributed by atoms with Crippen LogP contribution in [0.2, 0.25) is 0 Å². The summed E-state index contributed by atoms with van der Waals surface area (Å²) in [4.78, 5) is 51.8. The third-order valence-electron chi connectivity index (χ3n) is 5.52. The van der Waals surface area contributed by atoms with Crippen LogP contribution < -0.4 is 15.5 Å². The van der Waals surface area contributed by atoms with Gasteiger partial charge in [0.25, 0.3) is 11.8 Å². The van der Waals surface area contributed by atoms with Crippen LogP contribution in [-0.2, 0) is 16.1 Å². The Kier molecular flexibility index (Phi) is 5.70. The average Bonchev–Trinajstić information content (AvgIpc) is 3.00. The van der Waals surface area contributed by atoms with Crippen molar-refractivity contribution in [3.8, 4) is 0 Å². The predicted molar refractivity (Wildman–Crippen MR) is 115 cm³/mol. The molecule has 2 aromatic rings. The van der Waals surface area contributed by atoms with Gasteiger partial charge < -0.3 is 15.5 Å². The van der Waals surface area contributed by atoms with Crippen LogP contribution in [-0.4, -0.2) is 54.7 Å². The molecule has 160 valence electrons. The lowest BCUT2D eigenvalue weighted by molar-refractivity contribution is -0.121. The number of fused-ring (bicyclic) bond motifs is 1. The fraction of sp³-hybridized carbons (Fsp3) is 0.304. The number of carbonyl (C=O) groups is 4. The number of nitrogens with zero attached hydrogens (tertiary/aromatic N) is 2. The summed E-state index contributed by atoms with van der Waals surface area (Å²) in [5.74, 6) is -0.923. The van der Waals surface area contributed by atoms with Crippen LogP contribution in [0.3, 0.4) is 0 Å². The van der Waals surface area contributed by atoms with Crippen molar-refractivity contribution >= 4 is 29.3 Å². The summed E-state index contributed by atoms with van der Waals surface area (Å²) < 4.78 is 0. The van der Waals surface area contributed by atoms with Crippen molar-refractivity contribution in [1.29, 1.82) is 0 Å². The highest BCUT2D eigenvalue weighted by Crippen LogP contribution is 2.24. The molecule has 2 aliphatic rings. The highest BCUT2D eigenvalue weighted by atomic mass is 16.2. The first-order valence-electron chi connectivity index (χ1n) is 10.3. The number of hydrogen-bond acceptors (Lipinski definition) is 5. The van der Waals surface area contributed by atoms with Gasteiger partial charge in [-0.3, -0.25) is 24.1 Å². The number of piperazine rings is 1. The SMILES string of the molecule is Cc1ccc2c(c1)C(=O)N(CCC(=O)NCc1ccc(N3CCNC(=O)C3)cc1)C2=O. The molecule has 2 heterocycles. The van der Waals surface area contributed by atoms with Crippen molar-refractivity contribution in [3.63, 3.8) is 0 Å². The summed E-state index contributed by atoms with van der Waals surface area (Å²) in [6, 6.07) is 12.8. The second-order valence-corrected chi connectivity index (χ2v) is 7.78. The van der Waals surface area contributed by atoms with E-state index in [9.17, 15) is 19.2 Å². The minimum atomic E-state index is -0.352. The van der Waals surface area contributed by atoms with E-state index in [-0.39, 0.29) is 36.6 Å². The fourth-order valence-electron chi connectivity index (χ4n) is 3.79. The Morgan fingerprint density at radius 3 is 2.52 bits per heavy atom. The number of benzene rings is 2. The molecule has 0 spiro atoms. The first kappa shape index (κ1) is 20.6. The second-order valence-electron chi connectivity index (χ2n) is 7.78. The lowest BCUT2D eigenvalue weighted by Crippen LogP contribution is -2.47. The van der Waals surface area contributed by atoms with Crippen LogP contribution in [0.15, 0.2) is 42.5 Å². The highest BCUT2D eigenvalue weighted by molar-refractivity contribution is 6.21. The first-order valence-corrected chi connectivity index (χ1v) is 10.3. The Balaban J connectivity index is 1.27. The molecule has 1 saturated heterocycles. The molecule has 2 aliphatic heterocycles. The largest absolute Gasteiger partial charge is 0.360 e. The molecule has 8 nitrogen and oxygen atoms in total. The Morgan fingerprint density at radius 2 is 1.77 bits per heavy atom. The van der Waals surface area contributed by atoms with Crippen molar-refractivity contribution in [3.05, 3.63) is 64.7 Å². The molecule has 0 bridgehead atoms. The van der Waals surface area contributed by atoms with Crippen LogP contribution in [0.4, 0.5) is 5.69 Å². The zero-order valence-corrected chi connectivity index (χ0v) is 17.3. The summed E-state index contributed by atoms with van der Waals surface area (Å²) >= 11 is 0. The summed E-state index contributed by atoms with van der Waals surface area (Å²) in [6.07, 6.45) is 0.0470. The molecule has 2 aromatic carbocycles. The first-order chi connectivity index (χ1) is 14.9. The number of anilines is 1. The molecule has 4 rings (SSSR count). The molecule has 0 aliphatic carbocycles. The molecule has 0 aromatic heterocycles. The van der Waals surface area contributed by atoms with Gasteiger partial charge in [0, 0.05) is 38.3 Å². The molecule has 8 heteroatoms. The van der Waals surface area contributed by atoms with Gasteiger partial charge in [0.05, 0.1) is 17.7 Å². The molecule has 0 radical (unpaired) electrons. The number of aryl methyl sites for hydroxylation is 1. The fourth-order valence-corrected chi connectivity index (χ4v) is 3.79. The maximum atomic E-state index is 12.5. The molecular weight excluding hydrogens is 396 g/mol. The summed E-state index contributed by atoms with van der Waals surface area (Å²) in [6.45, 7) is 3.99. The van der Waals surface area contributed by atoms with E-state index in [4.69, 9.17) is 0 Å². The van der Waals surface area contributed by atoms with Crippen molar-refractivity contribution < 1.29 is 19.2 Å². The van der Waals surface area contributed by atoms with Gasteiger partial charge in [0.15, 0.2) is 0 Å². The van der Waals surface area contributed by atoms with Gasteiger partial charge in [-0.2, -0.15) is 0 Å². The molecule has 1 fully saturated rings. The monoisotopic (exact) mass is 420 g/mol. The maximum absolute atomic E-state index is 12.5. The van der Waals surface area contributed by atoms with Gasteiger partial charge in [-0.05, 0) is 36.8 Å². The van der Waals surface area contributed by atoms with Crippen molar-refractivity contribution in [1.82, 2.24) is 15.5 Å². The summed E-state index contributed by atoms with van der Waals surface area (Å²) in [5, 5.41) is 5.62. The number of amides is 4. The van der Waals surface area contributed by atoms with Crippen molar-refractivity contribution in [2.75, 3.05) is 31.1 Å². The van der Waals surface area contributed by atoms with Gasteiger partial charge in [-0.15, -0.1) is 0 Å². The van der Waals surface area contributed by atoms with Crippen LogP contribution in [0, 0.1) is 6.92 Å². The van der Waals surface area contributed by atoms with Crippen LogP contribution in [0.1, 0.15) is 38.3 Å².